The molecule has 0 saturated heterocycles. The molecule has 0 aliphatic rings. The van der Waals surface area contributed by atoms with Gasteiger partial charge in [0.15, 0.2) is 0 Å². The van der Waals surface area contributed by atoms with Crippen LogP contribution in [-0.2, 0) is 14.4 Å². The Morgan fingerprint density at radius 2 is 1.75 bits per heavy atom. The van der Waals surface area contributed by atoms with E-state index in [0.717, 1.165) is 0 Å². The molecule has 2 N–H and O–H groups in total. The van der Waals surface area contributed by atoms with E-state index >= 15 is 0 Å². The van der Waals surface area contributed by atoms with Gasteiger partial charge in [-0.3, -0.25) is 14.4 Å². The first-order valence-corrected chi connectivity index (χ1v) is 4.96. The highest BCUT2D eigenvalue weighted by Gasteiger charge is 2.34. The third kappa shape index (κ3) is 3.52. The first-order valence-electron chi connectivity index (χ1n) is 4.96. The Labute approximate surface area is 95.4 Å². The minimum Gasteiger partial charge on any atom is -0.357 e. The summed E-state index contributed by atoms with van der Waals surface area (Å²) in [4.78, 5) is 35.1. The van der Waals surface area contributed by atoms with Crippen LogP contribution in [0.1, 0.15) is 20.8 Å². The van der Waals surface area contributed by atoms with E-state index in [1.807, 2.05) is 0 Å². The van der Waals surface area contributed by atoms with Crippen molar-refractivity contribution in [2.24, 2.45) is 0 Å². The van der Waals surface area contributed by atoms with Crippen molar-refractivity contribution >= 4 is 17.7 Å². The minimum absolute atomic E-state index is 0.105. The normalized spacial score (nSPS) is 10.6. The van der Waals surface area contributed by atoms with Crippen molar-refractivity contribution in [1.29, 1.82) is 0 Å². The van der Waals surface area contributed by atoms with Crippen LogP contribution in [0.2, 0.25) is 0 Å². The molecular formula is C10H19N3O3. The topological polar surface area (TPSA) is 78.5 Å². The maximum Gasteiger partial charge on any atom is 0.245 e. The molecule has 6 nitrogen and oxygen atoms in total. The predicted molar refractivity (Wildman–Crippen MR) is 59.6 cm³/mol. The molecule has 16 heavy (non-hydrogen) atoms. The van der Waals surface area contributed by atoms with Crippen LogP contribution >= 0.6 is 0 Å². The lowest BCUT2D eigenvalue weighted by Crippen LogP contribution is -2.56. The smallest absolute Gasteiger partial charge is 0.245 e. The number of amides is 3. The molecule has 92 valence electrons. The van der Waals surface area contributed by atoms with Crippen LogP contribution in [-0.4, -0.2) is 48.8 Å². The van der Waals surface area contributed by atoms with E-state index in [1.165, 1.54) is 25.9 Å². The molecule has 0 aliphatic carbocycles. The van der Waals surface area contributed by atoms with Crippen molar-refractivity contribution in [3.8, 4) is 0 Å². The van der Waals surface area contributed by atoms with Gasteiger partial charge in [0.05, 0.1) is 6.54 Å². The Morgan fingerprint density at radius 3 is 2.12 bits per heavy atom. The summed E-state index contributed by atoms with van der Waals surface area (Å²) in [5, 5.41) is 4.88. The zero-order valence-corrected chi connectivity index (χ0v) is 10.4. The summed E-state index contributed by atoms with van der Waals surface area (Å²) in [6, 6.07) is 0. The molecule has 0 aliphatic heterocycles. The molecule has 0 aromatic heterocycles. The van der Waals surface area contributed by atoms with Gasteiger partial charge in [0.2, 0.25) is 17.7 Å². The number of nitrogens with one attached hydrogen (secondary N) is 2. The number of nitrogens with zero attached hydrogens (tertiary/aromatic N) is 1. The molecule has 0 aromatic rings. The first-order chi connectivity index (χ1) is 7.23. The van der Waals surface area contributed by atoms with E-state index in [0.29, 0.717) is 0 Å². The highest BCUT2D eigenvalue weighted by atomic mass is 16.2. The fourth-order valence-corrected chi connectivity index (χ4v) is 1.09. The summed E-state index contributed by atoms with van der Waals surface area (Å²) in [6.45, 7) is 4.50. The van der Waals surface area contributed by atoms with E-state index < -0.39 is 5.54 Å². The fraction of sp³-hybridized carbons (Fsp3) is 0.700. The third-order valence-electron chi connectivity index (χ3n) is 2.48. The van der Waals surface area contributed by atoms with Crippen LogP contribution in [0, 0.1) is 0 Å². The monoisotopic (exact) mass is 229 g/mol. The maximum absolute atomic E-state index is 11.6. The Bertz CT molecular complexity index is 300. The van der Waals surface area contributed by atoms with Crippen LogP contribution in [0.4, 0.5) is 0 Å². The van der Waals surface area contributed by atoms with Gasteiger partial charge in [-0.2, -0.15) is 0 Å². The molecular weight excluding hydrogens is 210 g/mol. The summed E-state index contributed by atoms with van der Waals surface area (Å²) in [6.07, 6.45) is 0. The van der Waals surface area contributed by atoms with Crippen molar-refractivity contribution in [2.75, 3.05) is 20.6 Å². The fourth-order valence-electron chi connectivity index (χ4n) is 1.09. The van der Waals surface area contributed by atoms with Crippen LogP contribution < -0.4 is 10.6 Å². The minimum atomic E-state index is -0.940. The second-order valence-corrected chi connectivity index (χ2v) is 4.00. The number of hydrogen-bond acceptors (Lipinski definition) is 3. The molecule has 0 saturated carbocycles. The molecule has 0 atom stereocenters. The Kier molecular flexibility index (Phi) is 4.94. The second-order valence-electron chi connectivity index (χ2n) is 4.00. The van der Waals surface area contributed by atoms with Gasteiger partial charge >= 0.3 is 0 Å². The molecule has 6 heteroatoms. The van der Waals surface area contributed by atoms with Gasteiger partial charge in [-0.15, -0.1) is 0 Å². The summed E-state index contributed by atoms with van der Waals surface area (Å²) in [7, 11) is 3.04. The molecule has 0 spiro atoms. The molecule has 0 bridgehead atoms. The van der Waals surface area contributed by atoms with E-state index in [9.17, 15) is 14.4 Å². The van der Waals surface area contributed by atoms with Gasteiger partial charge in [0, 0.05) is 21.0 Å². The Hall–Kier alpha value is -1.59. The van der Waals surface area contributed by atoms with Crippen molar-refractivity contribution < 1.29 is 14.4 Å². The first kappa shape index (κ1) is 14.4. The van der Waals surface area contributed by atoms with Gasteiger partial charge in [0.25, 0.3) is 0 Å². The maximum atomic E-state index is 11.6. The summed E-state index contributed by atoms with van der Waals surface area (Å²) in [5.74, 6) is -0.852. The zero-order valence-electron chi connectivity index (χ0n) is 10.4. The van der Waals surface area contributed by atoms with E-state index in [-0.39, 0.29) is 24.3 Å². The summed E-state index contributed by atoms with van der Waals surface area (Å²) in [5.41, 5.74) is -0.940. The standard InChI is InChI=1S/C10H19N3O3/c1-7(14)12-6-8(15)13(5)10(2,3)9(16)11-4/h6H2,1-5H3,(H,11,16)(H,12,14). The molecule has 0 radical (unpaired) electrons. The average Bonchev–Trinajstić information content (AvgIpc) is 2.23. The largest absolute Gasteiger partial charge is 0.357 e. The van der Waals surface area contributed by atoms with Gasteiger partial charge in [-0.1, -0.05) is 0 Å². The lowest BCUT2D eigenvalue weighted by molar-refractivity contribution is -0.143. The molecule has 0 fully saturated rings. The van der Waals surface area contributed by atoms with Crippen molar-refractivity contribution in [3.05, 3.63) is 0 Å². The van der Waals surface area contributed by atoms with Crippen molar-refractivity contribution in [3.63, 3.8) is 0 Å². The summed E-state index contributed by atoms with van der Waals surface area (Å²) >= 11 is 0. The zero-order chi connectivity index (χ0) is 12.9. The number of likely N-dealkylation sites (N-methyl/N-ethyl adjacent to an activating group) is 2. The van der Waals surface area contributed by atoms with Crippen LogP contribution in [0.15, 0.2) is 0 Å². The Balaban J connectivity index is 4.53. The van der Waals surface area contributed by atoms with Crippen LogP contribution in [0.5, 0.6) is 0 Å². The molecule has 0 rings (SSSR count). The van der Waals surface area contributed by atoms with Gasteiger partial charge in [0.1, 0.15) is 5.54 Å². The van der Waals surface area contributed by atoms with Gasteiger partial charge in [-0.25, -0.2) is 0 Å². The van der Waals surface area contributed by atoms with Gasteiger partial charge < -0.3 is 15.5 Å². The average molecular weight is 229 g/mol. The second kappa shape index (κ2) is 5.48. The van der Waals surface area contributed by atoms with E-state index in [1.54, 1.807) is 13.8 Å². The highest BCUT2D eigenvalue weighted by molar-refractivity contribution is 5.92. The van der Waals surface area contributed by atoms with Crippen molar-refractivity contribution in [1.82, 2.24) is 15.5 Å². The Morgan fingerprint density at radius 1 is 1.25 bits per heavy atom. The van der Waals surface area contributed by atoms with E-state index in [2.05, 4.69) is 10.6 Å². The molecule has 0 unspecified atom stereocenters. The lowest BCUT2D eigenvalue weighted by atomic mass is 10.0. The third-order valence-corrected chi connectivity index (χ3v) is 2.48. The molecule has 3 amide bonds. The molecule has 0 aromatic carbocycles. The van der Waals surface area contributed by atoms with Crippen LogP contribution in [0.25, 0.3) is 0 Å². The highest BCUT2D eigenvalue weighted by Crippen LogP contribution is 2.12. The van der Waals surface area contributed by atoms with Crippen LogP contribution in [0.3, 0.4) is 0 Å². The molecule has 0 heterocycles. The van der Waals surface area contributed by atoms with Crippen molar-refractivity contribution in [2.45, 2.75) is 26.3 Å². The number of rotatable bonds is 4. The van der Waals surface area contributed by atoms with Gasteiger partial charge in [-0.05, 0) is 13.8 Å². The quantitative estimate of drug-likeness (QED) is 0.656. The number of carbonyl (C=O) groups is 3. The number of carbonyl (C=O) groups excluding carboxylic acids is 3. The predicted octanol–water partition coefficient (Wildman–Crippen LogP) is -0.894. The SMILES string of the molecule is CNC(=O)C(C)(C)N(C)C(=O)CNC(C)=O. The number of hydrogen-bond donors (Lipinski definition) is 2. The van der Waals surface area contributed by atoms with E-state index in [4.69, 9.17) is 0 Å². The lowest BCUT2D eigenvalue weighted by Gasteiger charge is -2.33. The summed E-state index contributed by atoms with van der Waals surface area (Å²) < 4.78 is 0.